The number of aromatic nitrogens is 3. The molecule has 3 rings (SSSR count). The molecule has 0 aliphatic rings. The summed E-state index contributed by atoms with van der Waals surface area (Å²) in [7, 11) is 0. The topological polar surface area (TPSA) is 120 Å². The van der Waals surface area contributed by atoms with E-state index in [2.05, 4.69) is 15.0 Å². The standard InChI is InChI=1S/C24H27ClN4O4/c1-4-32-9-10-33-21-8-6-16(14-27-21)19-12-20(30)29-22(28-19)17-11-15(5-7-18(17)25)13-24(2,3)23(26)31/h5-8,11-12,14H,4,9-10,13H2,1-3H3,(H2,26,31)(H,28,29,30). The van der Waals surface area contributed by atoms with Crippen molar-refractivity contribution < 1.29 is 14.3 Å². The predicted molar refractivity (Wildman–Crippen MR) is 127 cm³/mol. The highest BCUT2D eigenvalue weighted by molar-refractivity contribution is 6.33. The summed E-state index contributed by atoms with van der Waals surface area (Å²) in [4.78, 5) is 35.7. The maximum atomic E-state index is 12.4. The normalized spacial score (nSPS) is 11.4. The Bertz CT molecular complexity index is 1180. The Morgan fingerprint density at radius 1 is 1.18 bits per heavy atom. The molecule has 2 aromatic heterocycles. The smallest absolute Gasteiger partial charge is 0.251 e. The minimum absolute atomic E-state index is 0.318. The minimum atomic E-state index is -0.730. The number of pyridine rings is 1. The van der Waals surface area contributed by atoms with E-state index in [0.29, 0.717) is 59.8 Å². The van der Waals surface area contributed by atoms with Crippen LogP contribution in [-0.4, -0.2) is 40.7 Å². The molecule has 0 aliphatic carbocycles. The summed E-state index contributed by atoms with van der Waals surface area (Å²) in [5, 5.41) is 0.423. The summed E-state index contributed by atoms with van der Waals surface area (Å²) in [5.41, 5.74) is 6.95. The summed E-state index contributed by atoms with van der Waals surface area (Å²) in [6, 6.07) is 10.2. The second-order valence-electron chi connectivity index (χ2n) is 8.15. The van der Waals surface area contributed by atoms with Crippen molar-refractivity contribution >= 4 is 17.5 Å². The van der Waals surface area contributed by atoms with Crippen molar-refractivity contribution in [2.45, 2.75) is 27.2 Å². The molecule has 3 N–H and O–H groups in total. The Kier molecular flexibility index (Phi) is 7.84. The Hall–Kier alpha value is -3.23. The van der Waals surface area contributed by atoms with Crippen LogP contribution in [0.15, 0.2) is 47.4 Å². The van der Waals surface area contributed by atoms with Crippen LogP contribution in [0.5, 0.6) is 5.88 Å². The molecule has 33 heavy (non-hydrogen) atoms. The molecule has 3 aromatic rings. The summed E-state index contributed by atoms with van der Waals surface area (Å²) < 4.78 is 10.8. The van der Waals surface area contributed by atoms with E-state index >= 15 is 0 Å². The molecule has 0 spiro atoms. The van der Waals surface area contributed by atoms with Gasteiger partial charge in [0.25, 0.3) is 5.56 Å². The van der Waals surface area contributed by atoms with E-state index < -0.39 is 11.3 Å². The van der Waals surface area contributed by atoms with E-state index in [4.69, 9.17) is 26.8 Å². The molecule has 0 atom stereocenters. The summed E-state index contributed by atoms with van der Waals surface area (Å²) in [5.74, 6) is 0.375. The lowest BCUT2D eigenvalue weighted by atomic mass is 9.85. The predicted octanol–water partition coefficient (Wildman–Crippen LogP) is 3.62. The number of benzene rings is 1. The van der Waals surface area contributed by atoms with Crippen LogP contribution >= 0.6 is 11.6 Å². The Balaban J connectivity index is 1.88. The highest BCUT2D eigenvalue weighted by atomic mass is 35.5. The largest absolute Gasteiger partial charge is 0.475 e. The van der Waals surface area contributed by atoms with Crippen LogP contribution in [0.4, 0.5) is 0 Å². The third-order valence-electron chi connectivity index (χ3n) is 5.05. The van der Waals surface area contributed by atoms with E-state index in [1.165, 1.54) is 6.07 Å². The van der Waals surface area contributed by atoms with Crippen LogP contribution < -0.4 is 16.0 Å². The van der Waals surface area contributed by atoms with Gasteiger partial charge in [-0.15, -0.1) is 0 Å². The monoisotopic (exact) mass is 470 g/mol. The molecule has 1 aromatic carbocycles. The first kappa shape index (κ1) is 24.4. The number of ether oxygens (including phenoxy) is 2. The average Bonchev–Trinajstić information content (AvgIpc) is 2.78. The van der Waals surface area contributed by atoms with Gasteiger partial charge in [0.1, 0.15) is 12.4 Å². The fraction of sp³-hybridized carbons (Fsp3) is 0.333. The lowest BCUT2D eigenvalue weighted by molar-refractivity contribution is -0.125. The molecular formula is C24H27ClN4O4. The number of hydrogen-bond acceptors (Lipinski definition) is 6. The number of aromatic amines is 1. The first-order valence-electron chi connectivity index (χ1n) is 10.6. The van der Waals surface area contributed by atoms with Gasteiger partial charge in [-0.1, -0.05) is 31.5 Å². The number of primary amides is 1. The maximum absolute atomic E-state index is 12.4. The number of carbonyl (C=O) groups is 1. The SMILES string of the molecule is CCOCCOc1ccc(-c2cc(=O)[nH]c(-c3cc(CC(C)(C)C(N)=O)ccc3Cl)n2)cn1. The average molecular weight is 471 g/mol. The second-order valence-corrected chi connectivity index (χ2v) is 8.56. The summed E-state index contributed by atoms with van der Waals surface area (Å²) in [6.07, 6.45) is 2.01. The van der Waals surface area contributed by atoms with Crippen molar-refractivity contribution in [1.82, 2.24) is 15.0 Å². The summed E-state index contributed by atoms with van der Waals surface area (Å²) >= 11 is 6.41. The molecule has 174 valence electrons. The van der Waals surface area contributed by atoms with Crippen molar-refractivity contribution in [3.63, 3.8) is 0 Å². The van der Waals surface area contributed by atoms with Crippen molar-refractivity contribution in [2.75, 3.05) is 19.8 Å². The van der Waals surface area contributed by atoms with Gasteiger partial charge >= 0.3 is 0 Å². The van der Waals surface area contributed by atoms with E-state index in [9.17, 15) is 9.59 Å². The number of halogens is 1. The number of nitrogens with two attached hydrogens (primary N) is 1. The van der Waals surface area contributed by atoms with Gasteiger partial charge in [-0.2, -0.15) is 0 Å². The number of carbonyl (C=O) groups excluding carboxylic acids is 1. The second kappa shape index (κ2) is 10.6. The molecule has 0 bridgehead atoms. The Morgan fingerprint density at radius 2 is 1.97 bits per heavy atom. The Labute approximate surface area is 197 Å². The number of amides is 1. The summed E-state index contributed by atoms with van der Waals surface area (Å²) in [6.45, 7) is 6.98. The van der Waals surface area contributed by atoms with Gasteiger partial charge in [0, 0.05) is 41.5 Å². The number of rotatable bonds is 10. The molecule has 2 heterocycles. The molecule has 0 saturated heterocycles. The number of H-pyrrole nitrogens is 1. The zero-order chi connectivity index (χ0) is 24.0. The van der Waals surface area contributed by atoms with Crippen molar-refractivity contribution in [3.8, 4) is 28.5 Å². The number of nitrogens with one attached hydrogen (secondary N) is 1. The lowest BCUT2D eigenvalue weighted by Crippen LogP contribution is -2.33. The van der Waals surface area contributed by atoms with Crippen molar-refractivity contribution in [2.24, 2.45) is 11.1 Å². The zero-order valence-corrected chi connectivity index (χ0v) is 19.6. The number of nitrogens with zero attached hydrogens (tertiary/aromatic N) is 2. The fourth-order valence-electron chi connectivity index (χ4n) is 3.16. The van der Waals surface area contributed by atoms with Crippen LogP contribution in [0, 0.1) is 5.41 Å². The zero-order valence-electron chi connectivity index (χ0n) is 18.9. The lowest BCUT2D eigenvalue weighted by Gasteiger charge is -2.20. The molecule has 0 radical (unpaired) electrons. The van der Waals surface area contributed by atoms with E-state index in [1.807, 2.05) is 19.1 Å². The first-order valence-corrected chi connectivity index (χ1v) is 10.9. The minimum Gasteiger partial charge on any atom is -0.475 e. The Morgan fingerprint density at radius 3 is 2.64 bits per heavy atom. The molecular weight excluding hydrogens is 444 g/mol. The van der Waals surface area contributed by atoms with E-state index in [0.717, 1.165) is 5.56 Å². The van der Waals surface area contributed by atoms with Crippen LogP contribution in [0.25, 0.3) is 22.6 Å². The van der Waals surface area contributed by atoms with Gasteiger partial charge in [-0.05, 0) is 37.1 Å². The molecule has 9 heteroatoms. The molecule has 0 aliphatic heterocycles. The van der Waals surface area contributed by atoms with Gasteiger partial charge in [0.2, 0.25) is 11.8 Å². The van der Waals surface area contributed by atoms with Gasteiger partial charge in [0.15, 0.2) is 0 Å². The van der Waals surface area contributed by atoms with Crippen LogP contribution in [0.1, 0.15) is 26.3 Å². The highest BCUT2D eigenvalue weighted by Crippen LogP contribution is 2.30. The molecule has 0 fully saturated rings. The van der Waals surface area contributed by atoms with E-state index in [-0.39, 0.29) is 5.56 Å². The third-order valence-corrected chi connectivity index (χ3v) is 5.38. The molecule has 8 nitrogen and oxygen atoms in total. The van der Waals surface area contributed by atoms with Crippen molar-refractivity contribution in [3.05, 3.63) is 63.5 Å². The quantitative estimate of drug-likeness (QED) is 0.436. The van der Waals surface area contributed by atoms with Crippen molar-refractivity contribution in [1.29, 1.82) is 0 Å². The third kappa shape index (κ3) is 6.40. The maximum Gasteiger partial charge on any atom is 0.251 e. The first-order chi connectivity index (χ1) is 15.7. The van der Waals surface area contributed by atoms with Gasteiger partial charge in [-0.3, -0.25) is 9.59 Å². The van der Waals surface area contributed by atoms with Gasteiger partial charge in [-0.25, -0.2) is 9.97 Å². The van der Waals surface area contributed by atoms with Crippen LogP contribution in [0.3, 0.4) is 0 Å². The fourth-order valence-corrected chi connectivity index (χ4v) is 3.37. The number of hydrogen-bond donors (Lipinski definition) is 2. The molecule has 0 saturated carbocycles. The van der Waals surface area contributed by atoms with Crippen LogP contribution in [-0.2, 0) is 16.0 Å². The van der Waals surface area contributed by atoms with Crippen LogP contribution in [0.2, 0.25) is 5.02 Å². The molecule has 0 unspecified atom stereocenters. The van der Waals surface area contributed by atoms with Gasteiger partial charge < -0.3 is 20.2 Å². The van der Waals surface area contributed by atoms with Gasteiger partial charge in [0.05, 0.1) is 17.3 Å². The van der Waals surface area contributed by atoms with E-state index in [1.54, 1.807) is 38.2 Å². The molecule has 1 amide bonds. The highest BCUT2D eigenvalue weighted by Gasteiger charge is 2.25.